The molecule has 0 aliphatic carbocycles. The Labute approximate surface area is 241 Å². The summed E-state index contributed by atoms with van der Waals surface area (Å²) in [6.07, 6.45) is 0. The molecule has 2 heterocycles. The Morgan fingerprint density at radius 3 is 2.32 bits per heavy atom. The first kappa shape index (κ1) is 28.4. The van der Waals surface area contributed by atoms with Gasteiger partial charge in [-0.2, -0.15) is 0 Å². The Hall–Kier alpha value is -4.10. The van der Waals surface area contributed by atoms with Crippen molar-refractivity contribution < 1.29 is 18.7 Å². The zero-order valence-electron chi connectivity index (χ0n) is 24.5. The lowest BCUT2D eigenvalue weighted by Gasteiger charge is -2.28. The zero-order chi connectivity index (χ0) is 29.1. The summed E-state index contributed by atoms with van der Waals surface area (Å²) >= 11 is 0. The van der Waals surface area contributed by atoms with E-state index in [4.69, 9.17) is 13.9 Å². The molecule has 5 rings (SSSR count). The normalized spacial score (nSPS) is 14.6. The van der Waals surface area contributed by atoms with Crippen LogP contribution in [0.3, 0.4) is 0 Å². The number of amides is 1. The van der Waals surface area contributed by atoms with Gasteiger partial charge >= 0.3 is 0 Å². The quantitative estimate of drug-likeness (QED) is 0.218. The Morgan fingerprint density at radius 2 is 1.61 bits per heavy atom. The fourth-order valence-electron chi connectivity index (χ4n) is 5.46. The summed E-state index contributed by atoms with van der Waals surface area (Å²) in [4.78, 5) is 31.9. The summed E-state index contributed by atoms with van der Waals surface area (Å²) in [7, 11) is 0. The van der Waals surface area contributed by atoms with E-state index in [2.05, 4.69) is 18.7 Å². The van der Waals surface area contributed by atoms with Crippen LogP contribution >= 0.6 is 0 Å². The van der Waals surface area contributed by atoms with Gasteiger partial charge in [0.2, 0.25) is 5.76 Å². The molecule has 1 aromatic heterocycles. The van der Waals surface area contributed by atoms with Crippen molar-refractivity contribution in [1.29, 1.82) is 0 Å². The number of fused-ring (bicyclic) bond motifs is 2. The van der Waals surface area contributed by atoms with Gasteiger partial charge in [0, 0.05) is 13.1 Å². The molecular formula is C34H38N2O5. The SMILES string of the molecule is CCOc1cc(C2c3c(oc4cc(C)c(C)cc4c3=O)C(=O)N2CCN(CC)CC)ccc1OCc1ccccc1. The summed E-state index contributed by atoms with van der Waals surface area (Å²) in [5, 5.41) is 0.489. The van der Waals surface area contributed by atoms with Crippen molar-refractivity contribution in [3.63, 3.8) is 0 Å². The Bertz CT molecular complexity index is 1610. The van der Waals surface area contributed by atoms with Gasteiger partial charge in [-0.1, -0.05) is 50.2 Å². The van der Waals surface area contributed by atoms with Crippen molar-refractivity contribution in [2.45, 2.75) is 47.3 Å². The number of nitrogens with zero attached hydrogens (tertiary/aromatic N) is 2. The predicted molar refractivity (Wildman–Crippen MR) is 161 cm³/mol. The smallest absolute Gasteiger partial charge is 0.290 e. The van der Waals surface area contributed by atoms with E-state index in [9.17, 15) is 9.59 Å². The van der Waals surface area contributed by atoms with Crippen molar-refractivity contribution in [2.75, 3.05) is 32.8 Å². The number of carbonyl (C=O) groups is 1. The van der Waals surface area contributed by atoms with Crippen molar-refractivity contribution in [1.82, 2.24) is 9.80 Å². The number of benzene rings is 3. The second kappa shape index (κ2) is 12.2. The van der Waals surface area contributed by atoms with E-state index in [0.717, 1.165) is 35.3 Å². The molecule has 1 atom stereocenters. The van der Waals surface area contributed by atoms with Gasteiger partial charge in [-0.05, 0) is 80.4 Å². The van der Waals surface area contributed by atoms with Crippen LogP contribution in [0.1, 0.15) is 65.2 Å². The Balaban J connectivity index is 1.60. The van der Waals surface area contributed by atoms with Crippen LogP contribution in [0.2, 0.25) is 0 Å². The lowest BCUT2D eigenvalue weighted by atomic mass is 9.97. The molecule has 1 aliphatic heterocycles. The minimum atomic E-state index is -0.599. The largest absolute Gasteiger partial charge is 0.490 e. The van der Waals surface area contributed by atoms with Gasteiger partial charge < -0.3 is 23.7 Å². The van der Waals surface area contributed by atoms with E-state index >= 15 is 0 Å². The van der Waals surface area contributed by atoms with Crippen LogP contribution in [0.15, 0.2) is 69.9 Å². The molecule has 214 valence electrons. The number of aryl methyl sites for hydroxylation is 2. The van der Waals surface area contributed by atoms with E-state index in [1.807, 2.05) is 81.4 Å². The standard InChI is InChI=1S/C34H38N2O5/c1-6-35(7-2)16-17-36-31(30-32(37)26-18-22(4)23(5)19-28(26)41-33(30)34(36)38)25-14-15-27(29(20-25)39-8-3)40-21-24-12-10-9-11-13-24/h9-15,18-20,31H,6-8,16-17,21H2,1-5H3. The van der Waals surface area contributed by atoms with Crippen LogP contribution in [-0.2, 0) is 6.61 Å². The number of carbonyl (C=O) groups excluding carboxylic acids is 1. The molecule has 0 fully saturated rings. The van der Waals surface area contributed by atoms with Crippen LogP contribution in [-0.4, -0.2) is 48.5 Å². The van der Waals surface area contributed by atoms with Gasteiger partial charge in [0.05, 0.1) is 23.6 Å². The van der Waals surface area contributed by atoms with E-state index in [1.165, 1.54) is 0 Å². The Kier molecular flexibility index (Phi) is 8.45. The molecule has 0 saturated heterocycles. The highest BCUT2D eigenvalue weighted by atomic mass is 16.5. The molecule has 1 unspecified atom stereocenters. The minimum absolute atomic E-state index is 0.123. The van der Waals surface area contributed by atoms with Gasteiger partial charge in [-0.15, -0.1) is 0 Å². The van der Waals surface area contributed by atoms with Gasteiger partial charge in [0.15, 0.2) is 16.9 Å². The first-order chi connectivity index (χ1) is 19.9. The molecule has 41 heavy (non-hydrogen) atoms. The van der Waals surface area contributed by atoms with E-state index in [-0.39, 0.29) is 17.1 Å². The molecule has 1 amide bonds. The number of hydrogen-bond acceptors (Lipinski definition) is 6. The highest BCUT2D eigenvalue weighted by Crippen LogP contribution is 2.41. The molecule has 0 bridgehead atoms. The van der Waals surface area contributed by atoms with Gasteiger partial charge in [0.25, 0.3) is 5.91 Å². The monoisotopic (exact) mass is 554 g/mol. The van der Waals surface area contributed by atoms with Crippen LogP contribution in [0.25, 0.3) is 11.0 Å². The number of hydrogen-bond donors (Lipinski definition) is 0. The lowest BCUT2D eigenvalue weighted by molar-refractivity contribution is 0.0708. The molecule has 7 nitrogen and oxygen atoms in total. The second-order valence-electron chi connectivity index (χ2n) is 10.4. The summed E-state index contributed by atoms with van der Waals surface area (Å²) in [6.45, 7) is 13.8. The van der Waals surface area contributed by atoms with Crippen LogP contribution < -0.4 is 14.9 Å². The van der Waals surface area contributed by atoms with Crippen LogP contribution in [0.5, 0.6) is 11.5 Å². The number of likely N-dealkylation sites (N-methyl/N-ethyl adjacent to an activating group) is 1. The molecule has 4 aromatic rings. The average molecular weight is 555 g/mol. The molecule has 7 heteroatoms. The maximum atomic E-state index is 14.0. The molecule has 0 spiro atoms. The third kappa shape index (κ3) is 5.59. The van der Waals surface area contributed by atoms with Crippen molar-refractivity contribution in [2.24, 2.45) is 0 Å². The highest BCUT2D eigenvalue weighted by molar-refractivity contribution is 5.99. The zero-order valence-corrected chi connectivity index (χ0v) is 24.5. The minimum Gasteiger partial charge on any atom is -0.490 e. The maximum absolute atomic E-state index is 14.0. The lowest BCUT2D eigenvalue weighted by Crippen LogP contribution is -2.37. The molecule has 0 radical (unpaired) electrons. The van der Waals surface area contributed by atoms with Crippen LogP contribution in [0, 0.1) is 13.8 Å². The fraction of sp³-hybridized carbons (Fsp3) is 0.353. The van der Waals surface area contributed by atoms with Crippen molar-refractivity contribution >= 4 is 16.9 Å². The van der Waals surface area contributed by atoms with Crippen molar-refractivity contribution in [3.05, 3.63) is 104 Å². The average Bonchev–Trinajstić information content (AvgIpc) is 3.26. The van der Waals surface area contributed by atoms with Gasteiger partial charge in [0.1, 0.15) is 12.2 Å². The van der Waals surface area contributed by atoms with Crippen molar-refractivity contribution in [3.8, 4) is 11.5 Å². The van der Waals surface area contributed by atoms with Crippen LogP contribution in [0.4, 0.5) is 0 Å². The van der Waals surface area contributed by atoms with E-state index < -0.39 is 6.04 Å². The summed E-state index contributed by atoms with van der Waals surface area (Å²) in [6, 6.07) is 18.7. The molecule has 1 aliphatic rings. The summed E-state index contributed by atoms with van der Waals surface area (Å²) < 4.78 is 18.3. The predicted octanol–water partition coefficient (Wildman–Crippen LogP) is 6.27. The summed E-state index contributed by atoms with van der Waals surface area (Å²) in [5.41, 5.74) is 4.49. The molecule has 0 saturated carbocycles. The van der Waals surface area contributed by atoms with Gasteiger partial charge in [-0.25, -0.2) is 0 Å². The number of ether oxygens (including phenoxy) is 2. The molecule has 0 N–H and O–H groups in total. The summed E-state index contributed by atoms with van der Waals surface area (Å²) in [5.74, 6) is 1.03. The first-order valence-corrected chi connectivity index (χ1v) is 14.4. The van der Waals surface area contributed by atoms with E-state index in [1.54, 1.807) is 4.90 Å². The maximum Gasteiger partial charge on any atom is 0.290 e. The topological polar surface area (TPSA) is 72.2 Å². The third-order valence-corrected chi connectivity index (χ3v) is 7.95. The van der Waals surface area contributed by atoms with Gasteiger partial charge in [-0.3, -0.25) is 9.59 Å². The van der Waals surface area contributed by atoms with E-state index in [0.29, 0.717) is 54.3 Å². The first-order valence-electron chi connectivity index (χ1n) is 14.4. The second-order valence-corrected chi connectivity index (χ2v) is 10.4. The fourth-order valence-corrected chi connectivity index (χ4v) is 5.46. The number of rotatable bonds is 11. The third-order valence-electron chi connectivity index (χ3n) is 7.95. The molecular weight excluding hydrogens is 516 g/mol. The Morgan fingerprint density at radius 1 is 0.878 bits per heavy atom. The molecule has 3 aromatic carbocycles. The highest BCUT2D eigenvalue weighted by Gasteiger charge is 2.43.